The van der Waals surface area contributed by atoms with Gasteiger partial charge in [0.2, 0.25) is 0 Å². The maximum Gasteiger partial charge on any atom is 0.0912 e. The van der Waals surface area contributed by atoms with Gasteiger partial charge in [0.25, 0.3) is 0 Å². The minimum Gasteiger partial charge on any atom is -0.237 e. The second kappa shape index (κ2) is 10.0. The van der Waals surface area contributed by atoms with Gasteiger partial charge in [-0.3, -0.25) is 0 Å². The van der Waals surface area contributed by atoms with Gasteiger partial charge in [-0.25, -0.2) is 4.45 Å². The number of rotatable bonds is 6. The van der Waals surface area contributed by atoms with Crippen LogP contribution >= 0.6 is 28.4 Å². The molecule has 1 aromatic heterocycles. The highest BCUT2D eigenvalue weighted by Crippen LogP contribution is 2.36. The fraction of sp³-hybridized carbons (Fsp3) is 0.0769. The Balaban J connectivity index is 1.92. The van der Waals surface area contributed by atoms with Crippen molar-refractivity contribution >= 4 is 56.5 Å². The summed E-state index contributed by atoms with van der Waals surface area (Å²) in [4.78, 5) is 0. The number of nitrogens with zero attached hydrogens (tertiary/aromatic N) is 3. The Kier molecular flexibility index (Phi) is 6.96. The molecule has 1 unspecified atom stereocenters. The second-order valence-corrected chi connectivity index (χ2v) is 9.11. The molecule has 0 amide bonds. The third-order valence-electron chi connectivity index (χ3n) is 5.26. The standard InChI is InChI=1S/C26H21IN3P/c1-2-24(20-8-4-3-5-9-20)26(21-12-10-19(11-13-21)7-6-16-28)22-14-15-25-23(17-22)18-29-30(25)31-27/h3-15,17-18,31H,2H2,1H3/b7-6+,26-24+. The largest absolute Gasteiger partial charge is 0.237 e. The van der Waals surface area contributed by atoms with Gasteiger partial charge in [0.05, 0.1) is 24.2 Å². The molecule has 0 N–H and O–H groups in total. The van der Waals surface area contributed by atoms with Crippen LogP contribution in [0.25, 0.3) is 28.1 Å². The van der Waals surface area contributed by atoms with Gasteiger partial charge in [-0.2, -0.15) is 10.4 Å². The first kappa shape index (κ1) is 21.5. The van der Waals surface area contributed by atoms with Crippen LogP contribution in [0.5, 0.6) is 0 Å². The van der Waals surface area contributed by atoms with Gasteiger partial charge < -0.3 is 0 Å². The highest BCUT2D eigenvalue weighted by atomic mass is 127. The van der Waals surface area contributed by atoms with Crippen LogP contribution in [-0.2, 0) is 0 Å². The van der Waals surface area contributed by atoms with Crippen molar-refractivity contribution in [2.75, 3.05) is 0 Å². The minimum atomic E-state index is 0.578. The zero-order valence-electron chi connectivity index (χ0n) is 17.1. The topological polar surface area (TPSA) is 41.6 Å². The van der Waals surface area contributed by atoms with E-state index in [9.17, 15) is 0 Å². The molecule has 0 fully saturated rings. The Morgan fingerprint density at radius 1 is 1.03 bits per heavy atom. The van der Waals surface area contributed by atoms with E-state index in [1.807, 2.05) is 16.7 Å². The van der Waals surface area contributed by atoms with Gasteiger partial charge >= 0.3 is 0 Å². The number of hydrogen-bond acceptors (Lipinski definition) is 2. The number of aromatic nitrogens is 2. The van der Waals surface area contributed by atoms with Gasteiger partial charge in [-0.15, -0.1) is 0 Å². The van der Waals surface area contributed by atoms with Gasteiger partial charge in [0.1, 0.15) is 0 Å². The van der Waals surface area contributed by atoms with E-state index >= 15 is 0 Å². The number of nitriles is 1. The summed E-state index contributed by atoms with van der Waals surface area (Å²) in [6.45, 7) is 2.21. The molecule has 5 heteroatoms. The van der Waals surface area contributed by atoms with Crippen molar-refractivity contribution in [2.24, 2.45) is 0 Å². The van der Waals surface area contributed by atoms with Crippen molar-refractivity contribution in [2.45, 2.75) is 13.3 Å². The molecule has 0 aliphatic rings. The highest BCUT2D eigenvalue weighted by molar-refractivity contribution is 14.2. The summed E-state index contributed by atoms with van der Waals surface area (Å²) in [6.07, 6.45) is 6.78. The minimum absolute atomic E-state index is 0.578. The molecule has 31 heavy (non-hydrogen) atoms. The van der Waals surface area contributed by atoms with E-state index in [1.165, 1.54) is 28.3 Å². The maximum absolute atomic E-state index is 8.80. The number of fused-ring (bicyclic) bond motifs is 1. The lowest BCUT2D eigenvalue weighted by atomic mass is 9.87. The molecule has 4 rings (SSSR count). The van der Waals surface area contributed by atoms with Crippen molar-refractivity contribution < 1.29 is 0 Å². The molecule has 0 spiro atoms. The molecule has 0 aliphatic carbocycles. The Morgan fingerprint density at radius 2 is 1.77 bits per heavy atom. The molecule has 1 atom stereocenters. The lowest BCUT2D eigenvalue weighted by Crippen LogP contribution is -1.95. The van der Waals surface area contributed by atoms with Crippen LogP contribution in [0.3, 0.4) is 0 Å². The van der Waals surface area contributed by atoms with Gasteiger partial charge in [0.15, 0.2) is 0 Å². The molecule has 3 aromatic carbocycles. The van der Waals surface area contributed by atoms with E-state index in [-0.39, 0.29) is 0 Å². The van der Waals surface area contributed by atoms with Gasteiger partial charge in [-0.1, -0.05) is 67.6 Å². The Labute approximate surface area is 197 Å². The monoisotopic (exact) mass is 533 g/mol. The number of hydrogen-bond donors (Lipinski definition) is 0. The summed E-state index contributed by atoms with van der Waals surface area (Å²) < 4.78 is 2.04. The SMILES string of the molecule is CC/C(=C(/c1ccc(/C=C/C#N)cc1)c1ccc2c(cnn2PI)c1)c1ccccc1. The smallest absolute Gasteiger partial charge is 0.0912 e. The van der Waals surface area contributed by atoms with Crippen molar-refractivity contribution in [1.82, 2.24) is 9.55 Å². The molecule has 0 radical (unpaired) electrons. The average Bonchev–Trinajstić information content (AvgIpc) is 3.24. The summed E-state index contributed by atoms with van der Waals surface area (Å²) in [7, 11) is 0. The normalized spacial score (nSPS) is 12.5. The molecular formula is C26H21IN3P. The third-order valence-corrected chi connectivity index (χ3v) is 7.15. The predicted octanol–water partition coefficient (Wildman–Crippen LogP) is 7.73. The van der Waals surface area contributed by atoms with Crippen LogP contribution in [0.15, 0.2) is 85.1 Å². The van der Waals surface area contributed by atoms with Crippen LogP contribution < -0.4 is 0 Å². The molecule has 1 heterocycles. The predicted molar refractivity (Wildman–Crippen MR) is 141 cm³/mol. The third kappa shape index (κ3) is 4.63. The van der Waals surface area contributed by atoms with Crippen LogP contribution in [0.1, 0.15) is 35.6 Å². The first-order valence-electron chi connectivity index (χ1n) is 10.0. The van der Waals surface area contributed by atoms with E-state index in [4.69, 9.17) is 5.26 Å². The average molecular weight is 533 g/mol. The first-order valence-corrected chi connectivity index (χ1v) is 14.1. The fourth-order valence-corrected chi connectivity index (χ4v) is 5.38. The summed E-state index contributed by atoms with van der Waals surface area (Å²) in [6, 6.07) is 27.7. The van der Waals surface area contributed by atoms with Crippen LogP contribution in [0.2, 0.25) is 0 Å². The summed E-state index contributed by atoms with van der Waals surface area (Å²) in [5, 5.41) is 14.5. The Hall–Kier alpha value is -2.74. The number of benzene rings is 3. The molecule has 3 nitrogen and oxygen atoms in total. The zero-order chi connectivity index (χ0) is 21.6. The van der Waals surface area contributed by atoms with Crippen LogP contribution in [0, 0.1) is 11.3 Å². The fourth-order valence-electron chi connectivity index (χ4n) is 3.83. The van der Waals surface area contributed by atoms with Crippen LogP contribution in [0.4, 0.5) is 0 Å². The molecule has 0 bridgehead atoms. The van der Waals surface area contributed by atoms with Crippen LogP contribution in [-0.4, -0.2) is 9.55 Å². The summed E-state index contributed by atoms with van der Waals surface area (Å²) in [5.74, 6) is 0. The van der Waals surface area contributed by atoms with E-state index in [2.05, 4.69) is 113 Å². The Morgan fingerprint density at radius 3 is 2.45 bits per heavy atom. The van der Waals surface area contributed by atoms with E-state index < -0.39 is 0 Å². The molecule has 0 saturated heterocycles. The molecule has 4 aromatic rings. The molecule has 0 saturated carbocycles. The molecule has 152 valence electrons. The van der Waals surface area contributed by atoms with E-state index in [1.54, 1.807) is 0 Å². The van der Waals surface area contributed by atoms with Crippen molar-refractivity contribution in [3.8, 4) is 6.07 Å². The molecule has 0 aliphatic heterocycles. The zero-order valence-corrected chi connectivity index (χ0v) is 20.2. The molecular weight excluding hydrogens is 512 g/mol. The second-order valence-electron chi connectivity index (χ2n) is 7.07. The van der Waals surface area contributed by atoms with Crippen molar-refractivity contribution in [3.05, 3.63) is 107 Å². The lowest BCUT2D eigenvalue weighted by Gasteiger charge is -2.17. The maximum atomic E-state index is 8.80. The number of allylic oxidation sites excluding steroid dienone is 2. The van der Waals surface area contributed by atoms with Crippen molar-refractivity contribution in [1.29, 1.82) is 5.26 Å². The quantitative estimate of drug-likeness (QED) is 0.110. The highest BCUT2D eigenvalue weighted by Gasteiger charge is 2.14. The number of halogens is 1. The first-order chi connectivity index (χ1) is 15.2. The lowest BCUT2D eigenvalue weighted by molar-refractivity contribution is 1.04. The van der Waals surface area contributed by atoms with Gasteiger partial charge in [0, 0.05) is 11.5 Å². The van der Waals surface area contributed by atoms with Gasteiger partial charge in [-0.05, 0) is 80.1 Å². The van der Waals surface area contributed by atoms with E-state index in [0.717, 1.165) is 28.5 Å². The van der Waals surface area contributed by atoms with Crippen molar-refractivity contribution in [3.63, 3.8) is 0 Å². The van der Waals surface area contributed by atoms with E-state index in [0.29, 0.717) is 6.37 Å². The summed E-state index contributed by atoms with van der Waals surface area (Å²) >= 11 is 2.36. The summed E-state index contributed by atoms with van der Waals surface area (Å²) in [5.41, 5.74) is 8.30. The Bertz CT molecular complexity index is 1300.